The van der Waals surface area contributed by atoms with Crippen molar-refractivity contribution in [2.75, 3.05) is 23.7 Å². The Morgan fingerprint density at radius 1 is 0.789 bits per heavy atom. The van der Waals surface area contributed by atoms with Gasteiger partial charge in [-0.25, -0.2) is 9.59 Å². The van der Waals surface area contributed by atoms with Gasteiger partial charge in [0.2, 0.25) is 0 Å². The lowest BCUT2D eigenvalue weighted by Gasteiger charge is -2.19. The molecule has 0 aliphatic heterocycles. The Labute approximate surface area is 221 Å². The molecule has 0 radical (unpaired) electrons. The van der Waals surface area contributed by atoms with Crippen molar-refractivity contribution < 1.29 is 19.4 Å². The van der Waals surface area contributed by atoms with Gasteiger partial charge in [0.05, 0.1) is 11.4 Å². The number of carbonyl (C=O) groups is 2. The summed E-state index contributed by atoms with van der Waals surface area (Å²) in [5.74, 6) is 1.01. The first-order valence-electron chi connectivity index (χ1n) is 12.3. The Balaban J connectivity index is 1.56. The Kier molecular flexibility index (Phi) is 7.52. The highest BCUT2D eigenvalue weighted by Gasteiger charge is 2.25. The van der Waals surface area contributed by atoms with E-state index in [0.717, 1.165) is 26.9 Å². The van der Waals surface area contributed by atoms with Crippen LogP contribution in [-0.4, -0.2) is 55.5 Å². The fourth-order valence-corrected chi connectivity index (χ4v) is 4.18. The number of aromatic nitrogens is 4. The maximum absolute atomic E-state index is 12.8. The fourth-order valence-electron chi connectivity index (χ4n) is 4.18. The minimum Gasteiger partial charge on any atom is -0.463 e. The summed E-state index contributed by atoms with van der Waals surface area (Å²) in [4.78, 5) is 24.5. The van der Waals surface area contributed by atoms with Crippen LogP contribution in [-0.2, 0) is 4.74 Å². The molecular weight excluding hydrogens is 484 g/mol. The van der Waals surface area contributed by atoms with E-state index < -0.39 is 17.8 Å². The third kappa shape index (κ3) is 5.69. The van der Waals surface area contributed by atoms with Gasteiger partial charge in [0.1, 0.15) is 5.60 Å². The van der Waals surface area contributed by atoms with E-state index >= 15 is 0 Å². The molecule has 0 fully saturated rings. The molecule has 10 heteroatoms. The molecule has 198 valence electrons. The smallest absolute Gasteiger partial charge is 0.435 e. The molecule has 0 unspecified atom stereocenters. The lowest BCUT2D eigenvalue weighted by atomic mass is 10.1. The van der Waals surface area contributed by atoms with E-state index in [9.17, 15) is 14.7 Å². The molecule has 4 aromatic rings. The average molecular weight is 517 g/mol. The predicted molar refractivity (Wildman–Crippen MR) is 147 cm³/mol. The van der Waals surface area contributed by atoms with E-state index in [1.165, 1.54) is 4.68 Å². The van der Waals surface area contributed by atoms with Crippen LogP contribution in [0.25, 0.3) is 22.3 Å². The minimum absolute atomic E-state index is 0.419. The van der Waals surface area contributed by atoms with Gasteiger partial charge in [0, 0.05) is 24.2 Å². The van der Waals surface area contributed by atoms with E-state index in [1.54, 1.807) is 6.92 Å². The van der Waals surface area contributed by atoms with Crippen LogP contribution in [0.1, 0.15) is 32.2 Å². The standard InChI is InChI=1S/C28H32N6O4/c1-18-22(20-12-8-6-9-13-20)24(31-33(18)26(35)36)29-16-17-30-25-23(21-14-10-7-11-15-21)19(2)34(32-25)27(37)38-28(3,4)5/h6-15H,16-17H2,1-5H3,(H,29,31)(H,30,32)(H,35,36). The SMILES string of the molecule is Cc1c(-c2ccccc2)c(NCCNc2nn(C(=O)OC(C)(C)C)c(C)c2-c2ccccc2)nn1C(=O)O. The number of nitrogens with one attached hydrogen (secondary N) is 2. The molecule has 10 nitrogen and oxygen atoms in total. The first kappa shape index (κ1) is 26.5. The lowest BCUT2D eigenvalue weighted by molar-refractivity contribution is 0.0511. The molecule has 38 heavy (non-hydrogen) atoms. The van der Waals surface area contributed by atoms with Crippen molar-refractivity contribution >= 4 is 23.8 Å². The molecule has 4 rings (SSSR count). The number of nitrogens with zero attached hydrogens (tertiary/aromatic N) is 4. The van der Waals surface area contributed by atoms with E-state index in [4.69, 9.17) is 4.74 Å². The van der Waals surface area contributed by atoms with E-state index in [1.807, 2.05) is 88.4 Å². The topological polar surface area (TPSA) is 123 Å². The van der Waals surface area contributed by atoms with Gasteiger partial charge in [-0.1, -0.05) is 60.7 Å². The number of hydrogen-bond acceptors (Lipinski definition) is 7. The monoisotopic (exact) mass is 516 g/mol. The number of carbonyl (C=O) groups excluding carboxylic acids is 1. The molecule has 0 aliphatic rings. The second kappa shape index (κ2) is 10.8. The normalized spacial score (nSPS) is 11.3. The third-order valence-corrected chi connectivity index (χ3v) is 5.82. The van der Waals surface area contributed by atoms with Gasteiger partial charge < -0.3 is 20.5 Å². The summed E-state index contributed by atoms with van der Waals surface area (Å²) in [5.41, 5.74) is 3.83. The van der Waals surface area contributed by atoms with Crippen LogP contribution in [0.3, 0.4) is 0 Å². The van der Waals surface area contributed by atoms with Gasteiger partial charge in [-0.15, -0.1) is 10.2 Å². The second-order valence-corrected chi connectivity index (χ2v) is 9.79. The molecule has 0 aliphatic carbocycles. The van der Waals surface area contributed by atoms with Crippen molar-refractivity contribution in [1.29, 1.82) is 0 Å². The number of carboxylic acid groups (broad SMARTS) is 1. The van der Waals surface area contributed by atoms with Crippen LogP contribution in [0.2, 0.25) is 0 Å². The van der Waals surface area contributed by atoms with Gasteiger partial charge in [0.25, 0.3) is 0 Å². The van der Waals surface area contributed by atoms with Gasteiger partial charge in [-0.05, 0) is 45.7 Å². The van der Waals surface area contributed by atoms with Crippen molar-refractivity contribution in [2.24, 2.45) is 0 Å². The van der Waals surface area contributed by atoms with E-state index in [2.05, 4.69) is 20.8 Å². The Hall–Kier alpha value is -4.60. The minimum atomic E-state index is -1.15. The summed E-state index contributed by atoms with van der Waals surface area (Å²) in [7, 11) is 0. The number of benzene rings is 2. The Bertz CT molecular complexity index is 1440. The molecule has 0 spiro atoms. The van der Waals surface area contributed by atoms with Crippen molar-refractivity contribution in [2.45, 2.75) is 40.2 Å². The molecule has 0 amide bonds. The lowest BCUT2D eigenvalue weighted by Crippen LogP contribution is -2.28. The van der Waals surface area contributed by atoms with Gasteiger partial charge in [-0.3, -0.25) is 0 Å². The van der Waals surface area contributed by atoms with Gasteiger partial charge in [0.15, 0.2) is 11.6 Å². The maximum Gasteiger partial charge on any atom is 0.435 e. The molecule has 0 bridgehead atoms. The average Bonchev–Trinajstić information content (AvgIpc) is 3.38. The van der Waals surface area contributed by atoms with E-state index in [0.29, 0.717) is 36.1 Å². The highest BCUT2D eigenvalue weighted by atomic mass is 16.6. The molecule has 3 N–H and O–H groups in total. The summed E-state index contributed by atoms with van der Waals surface area (Å²) in [5, 5.41) is 24.9. The highest BCUT2D eigenvalue weighted by Crippen LogP contribution is 2.32. The largest absolute Gasteiger partial charge is 0.463 e. The van der Waals surface area contributed by atoms with Crippen molar-refractivity contribution in [1.82, 2.24) is 19.6 Å². The number of ether oxygens (including phenoxy) is 1. The van der Waals surface area contributed by atoms with Crippen molar-refractivity contribution in [3.63, 3.8) is 0 Å². The summed E-state index contributed by atoms with van der Waals surface area (Å²) in [6.45, 7) is 9.83. The summed E-state index contributed by atoms with van der Waals surface area (Å²) >= 11 is 0. The molecule has 2 heterocycles. The third-order valence-electron chi connectivity index (χ3n) is 5.82. The molecule has 0 saturated carbocycles. The molecule has 2 aromatic carbocycles. The van der Waals surface area contributed by atoms with Crippen LogP contribution in [0, 0.1) is 13.8 Å². The van der Waals surface area contributed by atoms with Crippen LogP contribution >= 0.6 is 0 Å². The molecule has 0 atom stereocenters. The molecule has 2 aromatic heterocycles. The number of anilines is 2. The highest BCUT2D eigenvalue weighted by molar-refractivity contribution is 5.83. The zero-order chi connectivity index (χ0) is 27.4. The van der Waals surface area contributed by atoms with Crippen LogP contribution in [0.5, 0.6) is 0 Å². The predicted octanol–water partition coefficient (Wildman–Crippen LogP) is 5.86. The quantitative estimate of drug-likeness (QED) is 0.261. The first-order valence-corrected chi connectivity index (χ1v) is 12.3. The van der Waals surface area contributed by atoms with Gasteiger partial charge >= 0.3 is 12.2 Å². The Morgan fingerprint density at radius 2 is 1.21 bits per heavy atom. The summed E-state index contributed by atoms with van der Waals surface area (Å²) in [6.07, 6.45) is -1.71. The second-order valence-electron chi connectivity index (χ2n) is 9.79. The Morgan fingerprint density at radius 3 is 1.63 bits per heavy atom. The fraction of sp³-hybridized carbons (Fsp3) is 0.286. The number of rotatable bonds is 7. The van der Waals surface area contributed by atoms with Crippen LogP contribution < -0.4 is 10.6 Å². The van der Waals surface area contributed by atoms with E-state index in [-0.39, 0.29) is 0 Å². The van der Waals surface area contributed by atoms with Crippen LogP contribution in [0.15, 0.2) is 60.7 Å². The molecule has 0 saturated heterocycles. The van der Waals surface area contributed by atoms with Gasteiger partial charge in [-0.2, -0.15) is 9.36 Å². The maximum atomic E-state index is 12.8. The zero-order valence-electron chi connectivity index (χ0n) is 22.1. The van der Waals surface area contributed by atoms with Crippen molar-refractivity contribution in [3.05, 3.63) is 72.1 Å². The zero-order valence-corrected chi connectivity index (χ0v) is 22.1. The first-order chi connectivity index (χ1) is 18.1. The number of hydrogen-bond donors (Lipinski definition) is 3. The van der Waals surface area contributed by atoms with Crippen molar-refractivity contribution in [3.8, 4) is 22.3 Å². The summed E-state index contributed by atoms with van der Waals surface area (Å²) < 4.78 is 7.79. The van der Waals surface area contributed by atoms with Crippen LogP contribution in [0.4, 0.5) is 21.2 Å². The molecular formula is C28H32N6O4. The summed E-state index contributed by atoms with van der Waals surface area (Å²) in [6, 6.07) is 19.2.